The van der Waals surface area contributed by atoms with Gasteiger partial charge in [0.05, 0.1) is 12.5 Å². The average Bonchev–Trinajstić information content (AvgIpc) is 2.63. The monoisotopic (exact) mass is 362 g/mol. The minimum atomic E-state index is -0.0702. The highest BCUT2D eigenvalue weighted by Crippen LogP contribution is 2.10. The van der Waals surface area contributed by atoms with E-state index in [1.807, 2.05) is 13.8 Å². The Morgan fingerprint density at radius 1 is 0.731 bits per heavy atom. The fourth-order valence-electron chi connectivity index (χ4n) is 2.59. The summed E-state index contributed by atoms with van der Waals surface area (Å²) in [5.41, 5.74) is 0. The smallest absolute Gasteiger partial charge is 0.308 e. The molecule has 0 aromatic rings. The molecule has 0 rings (SSSR count). The van der Waals surface area contributed by atoms with Crippen molar-refractivity contribution in [1.82, 2.24) is 0 Å². The lowest BCUT2D eigenvalue weighted by molar-refractivity contribution is -0.147. The summed E-state index contributed by atoms with van der Waals surface area (Å²) in [6.07, 6.45) is 28.1. The standard InChI is InChI=1S/C24H42O2/c1-4-5-6-7-8-9-10-11-12-13-14-15-16-17-18-19-20-21-22-26-24(25)23(2)3/h5-6,8-9,11-12,23H,4,7,10,13-22H2,1-3H3/b6-5-,9-8-,12-11-. The van der Waals surface area contributed by atoms with Gasteiger partial charge in [-0.15, -0.1) is 0 Å². The average molecular weight is 363 g/mol. The summed E-state index contributed by atoms with van der Waals surface area (Å²) in [6.45, 7) is 6.51. The van der Waals surface area contributed by atoms with Crippen LogP contribution in [0.4, 0.5) is 0 Å². The first-order valence-electron chi connectivity index (χ1n) is 10.8. The van der Waals surface area contributed by atoms with Gasteiger partial charge in [0.15, 0.2) is 0 Å². The van der Waals surface area contributed by atoms with Crippen LogP contribution in [0.3, 0.4) is 0 Å². The number of rotatable bonds is 17. The molecule has 0 aromatic heterocycles. The number of unbranched alkanes of at least 4 members (excludes halogenated alkanes) is 8. The molecule has 0 saturated carbocycles. The molecule has 0 aliphatic rings. The Bertz CT molecular complexity index is 391. The first-order valence-corrected chi connectivity index (χ1v) is 10.8. The van der Waals surface area contributed by atoms with Gasteiger partial charge in [-0.2, -0.15) is 0 Å². The van der Waals surface area contributed by atoms with E-state index in [0.717, 1.165) is 25.7 Å². The second-order valence-corrected chi connectivity index (χ2v) is 7.23. The van der Waals surface area contributed by atoms with Crippen LogP contribution < -0.4 is 0 Å². The summed E-state index contributed by atoms with van der Waals surface area (Å²) in [6, 6.07) is 0. The van der Waals surface area contributed by atoms with E-state index in [9.17, 15) is 4.79 Å². The number of hydrogen-bond acceptors (Lipinski definition) is 2. The number of allylic oxidation sites excluding steroid dienone is 6. The van der Waals surface area contributed by atoms with Crippen LogP contribution in [0.2, 0.25) is 0 Å². The Kier molecular flexibility index (Phi) is 19.0. The number of carbonyl (C=O) groups is 1. The number of esters is 1. The van der Waals surface area contributed by atoms with E-state index in [-0.39, 0.29) is 11.9 Å². The first kappa shape index (κ1) is 24.7. The lowest BCUT2D eigenvalue weighted by Gasteiger charge is -2.06. The third-order valence-electron chi connectivity index (χ3n) is 4.26. The molecule has 26 heavy (non-hydrogen) atoms. The van der Waals surface area contributed by atoms with E-state index >= 15 is 0 Å². The fourth-order valence-corrected chi connectivity index (χ4v) is 2.59. The van der Waals surface area contributed by atoms with Crippen LogP contribution in [0.15, 0.2) is 36.5 Å². The molecular weight excluding hydrogens is 320 g/mol. The van der Waals surface area contributed by atoms with Crippen molar-refractivity contribution in [3.05, 3.63) is 36.5 Å². The maximum Gasteiger partial charge on any atom is 0.308 e. The van der Waals surface area contributed by atoms with Crippen molar-refractivity contribution >= 4 is 5.97 Å². The molecule has 2 nitrogen and oxygen atoms in total. The quantitative estimate of drug-likeness (QED) is 0.152. The van der Waals surface area contributed by atoms with Gasteiger partial charge in [0.25, 0.3) is 0 Å². The molecule has 0 spiro atoms. The summed E-state index contributed by atoms with van der Waals surface area (Å²) in [5.74, 6) is -0.0755. The van der Waals surface area contributed by atoms with Crippen molar-refractivity contribution in [1.29, 1.82) is 0 Å². The van der Waals surface area contributed by atoms with Gasteiger partial charge in [-0.1, -0.05) is 95.8 Å². The lowest BCUT2D eigenvalue weighted by atomic mass is 10.1. The maximum absolute atomic E-state index is 11.3. The molecule has 0 radical (unpaired) electrons. The van der Waals surface area contributed by atoms with Crippen molar-refractivity contribution in [3.63, 3.8) is 0 Å². The zero-order chi connectivity index (χ0) is 19.3. The minimum absolute atomic E-state index is 0.00529. The second kappa shape index (κ2) is 20.0. The SMILES string of the molecule is CC/C=C\C/C=C\C/C=C\CCCCCCCCCCOC(=O)C(C)C. The zero-order valence-electron chi connectivity index (χ0n) is 17.6. The molecule has 0 aliphatic heterocycles. The molecule has 0 atom stereocenters. The molecule has 0 aliphatic carbocycles. The topological polar surface area (TPSA) is 26.3 Å². The third-order valence-corrected chi connectivity index (χ3v) is 4.26. The number of ether oxygens (including phenoxy) is 1. The van der Waals surface area contributed by atoms with Crippen molar-refractivity contribution in [2.75, 3.05) is 6.61 Å². The summed E-state index contributed by atoms with van der Waals surface area (Å²) < 4.78 is 5.18. The van der Waals surface area contributed by atoms with E-state index in [1.54, 1.807) is 0 Å². The highest BCUT2D eigenvalue weighted by atomic mass is 16.5. The van der Waals surface area contributed by atoms with Crippen molar-refractivity contribution in [2.45, 2.75) is 97.8 Å². The molecule has 0 amide bonds. The Balaban J connectivity index is 3.23. The maximum atomic E-state index is 11.3. The summed E-state index contributed by atoms with van der Waals surface area (Å²) >= 11 is 0. The fraction of sp³-hybridized carbons (Fsp3) is 0.708. The third kappa shape index (κ3) is 19.0. The molecule has 0 saturated heterocycles. The van der Waals surface area contributed by atoms with Crippen LogP contribution in [0, 0.1) is 5.92 Å². The van der Waals surface area contributed by atoms with Crippen molar-refractivity contribution in [2.24, 2.45) is 5.92 Å². The van der Waals surface area contributed by atoms with E-state index in [0.29, 0.717) is 6.61 Å². The van der Waals surface area contributed by atoms with Crippen molar-refractivity contribution < 1.29 is 9.53 Å². The number of carbonyl (C=O) groups excluding carboxylic acids is 1. The summed E-state index contributed by atoms with van der Waals surface area (Å²) in [5, 5.41) is 0. The molecule has 0 fully saturated rings. The van der Waals surface area contributed by atoms with Crippen LogP contribution in [0.25, 0.3) is 0 Å². The highest BCUT2D eigenvalue weighted by Gasteiger charge is 2.06. The van der Waals surface area contributed by atoms with Gasteiger partial charge in [-0.3, -0.25) is 4.79 Å². The molecule has 0 unspecified atom stereocenters. The van der Waals surface area contributed by atoms with Crippen LogP contribution in [0.5, 0.6) is 0 Å². The van der Waals surface area contributed by atoms with E-state index in [4.69, 9.17) is 4.74 Å². The van der Waals surface area contributed by atoms with Crippen LogP contribution in [0.1, 0.15) is 97.8 Å². The predicted molar refractivity (Wildman–Crippen MR) is 114 cm³/mol. The van der Waals surface area contributed by atoms with Gasteiger partial charge in [0.2, 0.25) is 0 Å². The van der Waals surface area contributed by atoms with E-state index in [1.165, 1.54) is 51.4 Å². The van der Waals surface area contributed by atoms with Crippen LogP contribution in [-0.4, -0.2) is 12.6 Å². The second-order valence-electron chi connectivity index (χ2n) is 7.23. The van der Waals surface area contributed by atoms with Gasteiger partial charge in [0.1, 0.15) is 0 Å². The Morgan fingerprint density at radius 2 is 1.23 bits per heavy atom. The van der Waals surface area contributed by atoms with Gasteiger partial charge < -0.3 is 4.74 Å². The van der Waals surface area contributed by atoms with E-state index in [2.05, 4.69) is 43.4 Å². The predicted octanol–water partition coefficient (Wildman–Crippen LogP) is 7.56. The largest absolute Gasteiger partial charge is 0.465 e. The molecule has 0 aromatic carbocycles. The molecule has 0 bridgehead atoms. The lowest BCUT2D eigenvalue weighted by Crippen LogP contribution is -2.12. The minimum Gasteiger partial charge on any atom is -0.465 e. The van der Waals surface area contributed by atoms with Crippen molar-refractivity contribution in [3.8, 4) is 0 Å². The molecule has 0 N–H and O–H groups in total. The Labute approximate surface area is 162 Å². The molecule has 150 valence electrons. The van der Waals surface area contributed by atoms with Gasteiger partial charge in [0, 0.05) is 0 Å². The van der Waals surface area contributed by atoms with Crippen LogP contribution >= 0.6 is 0 Å². The van der Waals surface area contributed by atoms with Crippen LogP contribution in [-0.2, 0) is 9.53 Å². The zero-order valence-corrected chi connectivity index (χ0v) is 17.6. The Morgan fingerprint density at radius 3 is 1.81 bits per heavy atom. The van der Waals surface area contributed by atoms with Gasteiger partial charge in [-0.25, -0.2) is 0 Å². The first-order chi connectivity index (χ1) is 12.7. The normalized spacial score (nSPS) is 12.2. The van der Waals surface area contributed by atoms with E-state index < -0.39 is 0 Å². The van der Waals surface area contributed by atoms with Gasteiger partial charge >= 0.3 is 5.97 Å². The molecule has 2 heteroatoms. The highest BCUT2D eigenvalue weighted by molar-refractivity contribution is 5.71. The summed E-state index contributed by atoms with van der Waals surface area (Å²) in [7, 11) is 0. The number of hydrogen-bond donors (Lipinski definition) is 0. The Hall–Kier alpha value is -1.31. The molecule has 0 heterocycles. The summed E-state index contributed by atoms with van der Waals surface area (Å²) in [4.78, 5) is 11.3. The molecular formula is C24H42O2. The van der Waals surface area contributed by atoms with Gasteiger partial charge in [-0.05, 0) is 38.5 Å².